The van der Waals surface area contributed by atoms with E-state index >= 15 is 0 Å². The third kappa shape index (κ3) is 5.58. The fourth-order valence-electron chi connectivity index (χ4n) is 3.78. The van der Waals surface area contributed by atoms with Crippen LogP contribution < -0.4 is 15.2 Å². The van der Waals surface area contributed by atoms with Gasteiger partial charge in [-0.1, -0.05) is 41.6 Å². The van der Waals surface area contributed by atoms with E-state index in [4.69, 9.17) is 15.0 Å². The minimum Gasteiger partial charge on any atom is -0.494 e. The number of carbonyl (C=O) groups is 1. The molecule has 1 amide bonds. The molecular weight excluding hydrogens is 472 g/mol. The van der Waals surface area contributed by atoms with Crippen molar-refractivity contribution in [3.63, 3.8) is 0 Å². The third-order valence-electron chi connectivity index (χ3n) is 5.57. The van der Waals surface area contributed by atoms with E-state index < -0.39 is 0 Å². The van der Waals surface area contributed by atoms with E-state index in [0.29, 0.717) is 39.8 Å². The number of nitrogens with zero attached hydrogens (tertiary/aromatic N) is 4. The molecule has 0 atom stereocenters. The second-order valence-electron chi connectivity index (χ2n) is 8.06. The molecule has 1 aromatic heterocycles. The summed E-state index contributed by atoms with van der Waals surface area (Å²) in [6.07, 6.45) is 0.200. The van der Waals surface area contributed by atoms with Crippen LogP contribution in [-0.4, -0.2) is 34.4 Å². The molecule has 0 radical (unpaired) electrons. The quantitative estimate of drug-likeness (QED) is 0.235. The molecule has 3 aromatic carbocycles. The highest BCUT2D eigenvalue weighted by atomic mass is 32.2. The third-order valence-corrected chi connectivity index (χ3v) is 6.49. The van der Waals surface area contributed by atoms with Crippen molar-refractivity contribution in [1.29, 1.82) is 5.26 Å². The van der Waals surface area contributed by atoms with Crippen molar-refractivity contribution >= 4 is 34.3 Å². The van der Waals surface area contributed by atoms with Crippen LogP contribution in [0.2, 0.25) is 0 Å². The molecule has 8 heteroatoms. The summed E-state index contributed by atoms with van der Waals surface area (Å²) < 4.78 is 7.05. The van der Waals surface area contributed by atoms with Crippen LogP contribution in [0.25, 0.3) is 16.6 Å². The van der Waals surface area contributed by atoms with Crippen molar-refractivity contribution in [2.75, 3.05) is 23.8 Å². The number of para-hydroxylation sites is 1. The van der Waals surface area contributed by atoms with E-state index in [1.54, 1.807) is 45.9 Å². The lowest BCUT2D eigenvalue weighted by molar-refractivity contribution is -0.116. The van der Waals surface area contributed by atoms with E-state index in [1.807, 2.05) is 50.2 Å². The molecule has 1 heterocycles. The number of carbonyl (C=O) groups excluding carboxylic acids is 1. The van der Waals surface area contributed by atoms with Crippen LogP contribution in [0.15, 0.2) is 82.7 Å². The number of amides is 1. The predicted octanol–water partition coefficient (Wildman–Crippen LogP) is 5.13. The molecule has 0 bridgehead atoms. The number of aryl methyl sites for hydroxylation is 1. The van der Waals surface area contributed by atoms with Gasteiger partial charge in [0, 0.05) is 12.2 Å². The predicted molar refractivity (Wildman–Crippen MR) is 143 cm³/mol. The Morgan fingerprint density at radius 1 is 1.08 bits per heavy atom. The van der Waals surface area contributed by atoms with Gasteiger partial charge in [-0.3, -0.25) is 14.2 Å². The number of hydrogen-bond acceptors (Lipinski definition) is 6. The van der Waals surface area contributed by atoms with Crippen LogP contribution >= 0.6 is 11.8 Å². The van der Waals surface area contributed by atoms with Gasteiger partial charge in [-0.25, -0.2) is 4.98 Å². The van der Waals surface area contributed by atoms with E-state index in [0.717, 1.165) is 5.56 Å². The number of ether oxygens (including phenoxy) is 1. The summed E-state index contributed by atoms with van der Waals surface area (Å²) in [6.45, 7) is 4.70. The Labute approximate surface area is 214 Å². The van der Waals surface area contributed by atoms with Crippen LogP contribution in [-0.2, 0) is 4.79 Å². The highest BCUT2D eigenvalue weighted by Crippen LogP contribution is 2.25. The fourth-order valence-corrected chi connectivity index (χ4v) is 4.67. The summed E-state index contributed by atoms with van der Waals surface area (Å²) in [7, 11) is 0. The summed E-state index contributed by atoms with van der Waals surface area (Å²) in [5.41, 5.74) is 2.84. The largest absolute Gasteiger partial charge is 0.494 e. The van der Waals surface area contributed by atoms with Crippen molar-refractivity contribution in [1.82, 2.24) is 9.55 Å². The maximum atomic E-state index is 13.4. The van der Waals surface area contributed by atoms with Gasteiger partial charge >= 0.3 is 0 Å². The van der Waals surface area contributed by atoms with E-state index in [9.17, 15) is 9.59 Å². The summed E-state index contributed by atoms with van der Waals surface area (Å²) in [6, 6.07) is 24.1. The first-order valence-corrected chi connectivity index (χ1v) is 12.6. The number of benzene rings is 3. The Morgan fingerprint density at radius 2 is 1.81 bits per heavy atom. The molecule has 0 saturated heterocycles. The summed E-state index contributed by atoms with van der Waals surface area (Å²) in [5, 5.41) is 10.1. The maximum Gasteiger partial charge on any atom is 0.266 e. The Hall–Kier alpha value is -4.09. The molecule has 0 fully saturated rings. The average Bonchev–Trinajstić information content (AvgIpc) is 2.89. The smallest absolute Gasteiger partial charge is 0.266 e. The van der Waals surface area contributed by atoms with Gasteiger partial charge in [0.15, 0.2) is 5.16 Å². The number of hydrogen-bond donors (Lipinski definition) is 0. The van der Waals surface area contributed by atoms with Crippen molar-refractivity contribution in [2.24, 2.45) is 0 Å². The normalized spacial score (nSPS) is 10.7. The number of thioether (sulfide) groups is 1. The molecule has 0 aliphatic rings. The van der Waals surface area contributed by atoms with Gasteiger partial charge in [0.05, 0.1) is 41.4 Å². The minimum atomic E-state index is -0.188. The first kappa shape index (κ1) is 25.0. The Balaban J connectivity index is 1.65. The van der Waals surface area contributed by atoms with Crippen LogP contribution in [0, 0.1) is 18.3 Å². The lowest BCUT2D eigenvalue weighted by Gasteiger charge is -2.22. The molecule has 4 rings (SSSR count). The number of fused-ring (bicyclic) bond motifs is 1. The van der Waals surface area contributed by atoms with Gasteiger partial charge < -0.3 is 9.64 Å². The zero-order valence-corrected chi connectivity index (χ0v) is 21.0. The fraction of sp³-hybridized carbons (Fsp3) is 0.214. The Morgan fingerprint density at radius 3 is 2.50 bits per heavy atom. The lowest BCUT2D eigenvalue weighted by atomic mass is 10.2. The maximum absolute atomic E-state index is 13.4. The average molecular weight is 499 g/mol. The van der Waals surface area contributed by atoms with Crippen LogP contribution in [0.3, 0.4) is 0 Å². The molecule has 182 valence electrons. The molecule has 0 aliphatic heterocycles. The highest BCUT2D eigenvalue weighted by Gasteiger charge is 2.19. The standard InChI is InChI=1S/C28H26N4O3S/c1-3-35-23-15-13-21(14-16-23)31(18-6-17-29)26(33)19-36-28-30-25-8-5-4-7-24(25)27(34)32(28)22-11-9-20(2)10-12-22/h4-5,7-16H,3,6,18-19H2,1-2H3. The molecule has 7 nitrogen and oxygen atoms in total. The van der Waals surface area contributed by atoms with Crippen LogP contribution in [0.4, 0.5) is 5.69 Å². The molecule has 0 saturated carbocycles. The van der Waals surface area contributed by atoms with E-state index in [2.05, 4.69) is 6.07 Å². The molecule has 36 heavy (non-hydrogen) atoms. The summed E-state index contributed by atoms with van der Waals surface area (Å²) in [5.74, 6) is 0.581. The van der Waals surface area contributed by atoms with Crippen LogP contribution in [0.5, 0.6) is 5.75 Å². The lowest BCUT2D eigenvalue weighted by Crippen LogP contribution is -2.33. The van der Waals surface area contributed by atoms with Crippen LogP contribution in [0.1, 0.15) is 18.9 Å². The van der Waals surface area contributed by atoms with E-state index in [-0.39, 0.29) is 30.2 Å². The number of nitriles is 1. The van der Waals surface area contributed by atoms with Gasteiger partial charge in [-0.15, -0.1) is 0 Å². The van der Waals surface area contributed by atoms with Gasteiger partial charge in [0.2, 0.25) is 5.91 Å². The summed E-state index contributed by atoms with van der Waals surface area (Å²) in [4.78, 5) is 33.1. The molecule has 0 aliphatic carbocycles. The number of aromatic nitrogens is 2. The first-order chi connectivity index (χ1) is 17.5. The molecule has 0 spiro atoms. The monoisotopic (exact) mass is 498 g/mol. The molecule has 0 unspecified atom stereocenters. The number of anilines is 1. The highest BCUT2D eigenvalue weighted by molar-refractivity contribution is 7.99. The van der Waals surface area contributed by atoms with E-state index in [1.165, 1.54) is 11.8 Å². The van der Waals surface area contributed by atoms with Gasteiger partial charge in [-0.05, 0) is 62.4 Å². The van der Waals surface area contributed by atoms with Gasteiger partial charge in [-0.2, -0.15) is 5.26 Å². The van der Waals surface area contributed by atoms with Crippen molar-refractivity contribution in [3.05, 3.63) is 88.7 Å². The van der Waals surface area contributed by atoms with Crippen molar-refractivity contribution < 1.29 is 9.53 Å². The molecular formula is C28H26N4O3S. The summed E-state index contributed by atoms with van der Waals surface area (Å²) >= 11 is 1.20. The van der Waals surface area contributed by atoms with Crippen molar-refractivity contribution in [3.8, 4) is 17.5 Å². The van der Waals surface area contributed by atoms with Crippen molar-refractivity contribution in [2.45, 2.75) is 25.4 Å². The zero-order chi connectivity index (χ0) is 25.5. The Bertz CT molecular complexity index is 1460. The Kier molecular flexibility index (Phi) is 8.03. The number of rotatable bonds is 9. The topological polar surface area (TPSA) is 88.2 Å². The zero-order valence-electron chi connectivity index (χ0n) is 20.2. The van der Waals surface area contributed by atoms with Gasteiger partial charge in [0.1, 0.15) is 5.75 Å². The minimum absolute atomic E-state index is 0.0509. The second kappa shape index (κ2) is 11.6. The second-order valence-corrected chi connectivity index (χ2v) is 9.00. The molecule has 4 aromatic rings. The molecule has 0 N–H and O–H groups in total. The first-order valence-electron chi connectivity index (χ1n) is 11.6. The van der Waals surface area contributed by atoms with Gasteiger partial charge in [0.25, 0.3) is 5.56 Å². The SMILES string of the molecule is CCOc1ccc(N(CCC#N)C(=O)CSc2nc3ccccc3c(=O)n2-c2ccc(C)cc2)cc1.